The lowest BCUT2D eigenvalue weighted by atomic mass is 9.98. The van der Waals surface area contributed by atoms with E-state index < -0.39 is 0 Å². The summed E-state index contributed by atoms with van der Waals surface area (Å²) >= 11 is 1.42. The molecular weight excluding hydrogens is 562 g/mol. The number of unbranched alkanes of at least 4 members (excludes halogenated alkanes) is 1. The van der Waals surface area contributed by atoms with Crippen LogP contribution in [0.3, 0.4) is 0 Å². The maximum absolute atomic E-state index is 10.0. The van der Waals surface area contributed by atoms with E-state index in [1.165, 1.54) is 17.5 Å². The van der Waals surface area contributed by atoms with Crippen LogP contribution in [0, 0.1) is 22.7 Å². The second-order valence-corrected chi connectivity index (χ2v) is 11.7. The molecular formula is C30H35N11OS. The number of likely N-dealkylation sites (N-methyl/N-ethyl adjacent to an activating group) is 1. The third-order valence-corrected chi connectivity index (χ3v) is 8.78. The van der Waals surface area contributed by atoms with Gasteiger partial charge in [0.15, 0.2) is 28.7 Å². The highest BCUT2D eigenvalue weighted by Crippen LogP contribution is 2.43. The molecule has 0 aromatic carbocycles. The van der Waals surface area contributed by atoms with Crippen LogP contribution in [-0.2, 0) is 19.4 Å². The molecule has 1 unspecified atom stereocenters. The van der Waals surface area contributed by atoms with Crippen molar-refractivity contribution in [2.75, 3.05) is 19.3 Å². The van der Waals surface area contributed by atoms with Gasteiger partial charge in [-0.05, 0) is 39.8 Å². The average Bonchev–Trinajstić information content (AvgIpc) is 3.80. The number of aromatic nitrogens is 7. The predicted octanol–water partition coefficient (Wildman–Crippen LogP) is 5.36. The van der Waals surface area contributed by atoms with E-state index >= 15 is 0 Å². The number of hydrogen-bond acceptors (Lipinski definition) is 11. The fraction of sp³-hybridized carbons (Fsp3) is 0.433. The van der Waals surface area contributed by atoms with E-state index in [4.69, 9.17) is 20.2 Å². The number of hydrogen-bond donors (Lipinski definition) is 1. The number of fused-ring (bicyclic) bond motifs is 1. The van der Waals surface area contributed by atoms with E-state index in [2.05, 4.69) is 67.1 Å². The Morgan fingerprint density at radius 3 is 2.58 bits per heavy atom. The Labute approximate surface area is 254 Å². The van der Waals surface area contributed by atoms with Gasteiger partial charge in [-0.15, -0.1) is 11.3 Å². The maximum Gasteiger partial charge on any atom is 0.186 e. The van der Waals surface area contributed by atoms with Crippen LogP contribution in [0.2, 0.25) is 0 Å². The molecule has 0 radical (unpaired) electrons. The van der Waals surface area contributed by atoms with Crippen LogP contribution >= 0.6 is 11.3 Å². The van der Waals surface area contributed by atoms with E-state index in [1.807, 2.05) is 4.68 Å². The van der Waals surface area contributed by atoms with Crippen LogP contribution in [0.4, 0.5) is 5.00 Å². The zero-order valence-electron chi connectivity index (χ0n) is 25.1. The highest BCUT2D eigenvalue weighted by molar-refractivity contribution is 7.16. The molecule has 0 fully saturated rings. The van der Waals surface area contributed by atoms with Crippen LogP contribution in [0.1, 0.15) is 68.5 Å². The van der Waals surface area contributed by atoms with Crippen molar-refractivity contribution in [3.05, 3.63) is 40.2 Å². The number of aryl methyl sites for hydroxylation is 1. The molecule has 0 saturated carbocycles. The normalized spacial score (nSPS) is 12.2. The monoisotopic (exact) mass is 597 g/mol. The van der Waals surface area contributed by atoms with Crippen molar-refractivity contribution < 1.29 is 4.52 Å². The molecule has 43 heavy (non-hydrogen) atoms. The molecule has 0 aliphatic heterocycles. The number of nitrogens with zero attached hydrogens (tertiary/aromatic N) is 10. The van der Waals surface area contributed by atoms with Crippen molar-refractivity contribution in [2.45, 2.75) is 72.4 Å². The molecule has 1 atom stereocenters. The minimum Gasteiger partial charge on any atom is -0.389 e. The molecule has 2 N–H and O–H groups in total. The predicted molar refractivity (Wildman–Crippen MR) is 165 cm³/mol. The van der Waals surface area contributed by atoms with Crippen LogP contribution in [0.25, 0.3) is 39.7 Å². The van der Waals surface area contributed by atoms with Crippen molar-refractivity contribution >= 4 is 27.4 Å². The molecule has 12 nitrogen and oxygen atoms in total. The van der Waals surface area contributed by atoms with Gasteiger partial charge in [-0.2, -0.15) is 20.7 Å². The van der Waals surface area contributed by atoms with Gasteiger partial charge in [0.2, 0.25) is 0 Å². The number of anilines is 1. The van der Waals surface area contributed by atoms with Gasteiger partial charge in [0.25, 0.3) is 0 Å². The lowest BCUT2D eigenvalue weighted by Gasteiger charge is -2.22. The standard InChI is InChI=1S/C30H35N11OS/c1-6-9-11-20-25(38-42-26(20)24-21(13-32)27(33)43-23(24)10-7-2)28-36-29-22(15-35-40(29)16-18(4)39(5)8-3)30(37-28)41-17-19(12-31)14-34-41/h14-15,17-18H,6-11,16,33H2,1-5H3. The summed E-state index contributed by atoms with van der Waals surface area (Å²) < 4.78 is 9.49. The van der Waals surface area contributed by atoms with Crippen molar-refractivity contribution in [1.29, 1.82) is 10.5 Å². The first-order valence-electron chi connectivity index (χ1n) is 14.5. The molecule has 5 aromatic heterocycles. The third kappa shape index (κ3) is 5.61. The molecule has 5 aromatic rings. The van der Waals surface area contributed by atoms with Crippen molar-refractivity contribution in [3.63, 3.8) is 0 Å². The molecule has 0 bridgehead atoms. The van der Waals surface area contributed by atoms with E-state index in [-0.39, 0.29) is 6.04 Å². The lowest BCUT2D eigenvalue weighted by Crippen LogP contribution is -2.32. The van der Waals surface area contributed by atoms with E-state index in [1.54, 1.807) is 17.1 Å². The Bertz CT molecular complexity index is 1830. The molecule has 222 valence electrons. The van der Waals surface area contributed by atoms with Gasteiger partial charge in [0.05, 0.1) is 47.2 Å². The van der Waals surface area contributed by atoms with Gasteiger partial charge < -0.3 is 15.2 Å². The Hall–Kier alpha value is -4.59. The van der Waals surface area contributed by atoms with Gasteiger partial charge in [-0.25, -0.2) is 19.3 Å². The van der Waals surface area contributed by atoms with Gasteiger partial charge in [0, 0.05) is 16.5 Å². The summed E-state index contributed by atoms with van der Waals surface area (Å²) in [6.07, 6.45) is 9.02. The summed E-state index contributed by atoms with van der Waals surface area (Å²) in [4.78, 5) is 13.2. The summed E-state index contributed by atoms with van der Waals surface area (Å²) in [7, 11) is 2.08. The summed E-state index contributed by atoms with van der Waals surface area (Å²) in [5, 5.41) is 34.2. The number of nitriles is 2. The quantitative estimate of drug-likeness (QED) is 0.198. The largest absolute Gasteiger partial charge is 0.389 e. The first-order chi connectivity index (χ1) is 20.8. The first kappa shape index (κ1) is 29.9. The zero-order chi connectivity index (χ0) is 30.7. The SMILES string of the molecule is CCCCc1c(-c2nc(-n3cc(C#N)cn3)c3cnn(CC(C)N(C)CC)c3n2)noc1-c1c(CCC)sc(N)c1C#N. The molecule has 13 heteroatoms. The van der Waals surface area contributed by atoms with Gasteiger partial charge in [-0.1, -0.05) is 38.8 Å². The lowest BCUT2D eigenvalue weighted by molar-refractivity contribution is 0.242. The second kappa shape index (κ2) is 12.7. The topological polar surface area (TPSA) is 164 Å². The van der Waals surface area contributed by atoms with Gasteiger partial charge in [0.1, 0.15) is 17.1 Å². The summed E-state index contributed by atoms with van der Waals surface area (Å²) in [5.41, 5.74) is 9.79. The smallest absolute Gasteiger partial charge is 0.186 e. The Morgan fingerprint density at radius 1 is 1.09 bits per heavy atom. The zero-order valence-corrected chi connectivity index (χ0v) is 25.9. The van der Waals surface area contributed by atoms with E-state index in [0.717, 1.165) is 42.7 Å². The molecule has 0 saturated heterocycles. The molecule has 5 heterocycles. The molecule has 0 aliphatic rings. The number of nitrogens with two attached hydrogens (primary N) is 1. The van der Waals surface area contributed by atoms with Crippen LogP contribution in [-0.4, -0.2) is 59.2 Å². The van der Waals surface area contributed by atoms with Gasteiger partial charge >= 0.3 is 0 Å². The van der Waals surface area contributed by atoms with E-state index in [0.29, 0.717) is 68.8 Å². The Morgan fingerprint density at radius 2 is 1.91 bits per heavy atom. The maximum atomic E-state index is 10.0. The minimum atomic E-state index is 0.203. The average molecular weight is 598 g/mol. The first-order valence-corrected chi connectivity index (χ1v) is 15.4. The fourth-order valence-corrected chi connectivity index (χ4v) is 6.19. The van der Waals surface area contributed by atoms with Crippen molar-refractivity contribution in [1.82, 2.24) is 39.6 Å². The fourth-order valence-electron chi connectivity index (χ4n) is 5.07. The molecule has 0 amide bonds. The number of rotatable bonds is 12. The molecule has 0 spiro atoms. The highest BCUT2D eigenvalue weighted by Gasteiger charge is 2.29. The minimum absolute atomic E-state index is 0.203. The summed E-state index contributed by atoms with van der Waals surface area (Å²) in [5.74, 6) is 1.38. The highest BCUT2D eigenvalue weighted by atomic mass is 32.1. The number of nitrogen functional groups attached to an aromatic ring is 1. The van der Waals surface area contributed by atoms with E-state index in [9.17, 15) is 10.5 Å². The molecule has 5 rings (SSSR count). The van der Waals surface area contributed by atoms with Crippen LogP contribution in [0.5, 0.6) is 0 Å². The summed E-state index contributed by atoms with van der Waals surface area (Å²) in [6.45, 7) is 9.99. The van der Waals surface area contributed by atoms with Crippen molar-refractivity contribution in [2.24, 2.45) is 0 Å². The molecule has 0 aliphatic carbocycles. The van der Waals surface area contributed by atoms with Gasteiger partial charge in [-0.3, -0.25) is 0 Å². The Balaban J connectivity index is 1.74. The third-order valence-electron chi connectivity index (χ3n) is 7.70. The van der Waals surface area contributed by atoms with Crippen LogP contribution < -0.4 is 5.73 Å². The van der Waals surface area contributed by atoms with Crippen molar-refractivity contribution in [3.8, 4) is 40.8 Å². The van der Waals surface area contributed by atoms with Crippen LogP contribution in [0.15, 0.2) is 23.1 Å². The summed E-state index contributed by atoms with van der Waals surface area (Å²) in [6, 6.07) is 4.62. The second-order valence-electron chi connectivity index (χ2n) is 10.6. The number of thiophene rings is 1. The Kier molecular flexibility index (Phi) is 8.85.